The molecule has 2 aliphatic rings. The molecule has 7 heteroatoms. The minimum absolute atomic E-state index is 0. The van der Waals surface area contributed by atoms with Gasteiger partial charge in [0.15, 0.2) is 0 Å². The van der Waals surface area contributed by atoms with Crippen molar-refractivity contribution in [2.45, 2.75) is 18.9 Å². The van der Waals surface area contributed by atoms with Crippen LogP contribution in [0, 0.1) is 0 Å². The number of carbonyl (C=O) groups excluding carboxylic acids is 1. The highest BCUT2D eigenvalue weighted by molar-refractivity contribution is 5.85. The summed E-state index contributed by atoms with van der Waals surface area (Å²) < 4.78 is 2.09. The smallest absolute Gasteiger partial charge is 0.222 e. The number of nitrogens with zero attached hydrogens (tertiary/aromatic N) is 4. The van der Waals surface area contributed by atoms with E-state index in [-0.39, 0.29) is 12.4 Å². The number of aryl methyl sites for hydroxylation is 1. The highest BCUT2D eigenvalue weighted by atomic mass is 35.5. The van der Waals surface area contributed by atoms with Crippen molar-refractivity contribution in [1.29, 1.82) is 0 Å². The topological polar surface area (TPSA) is 53.4 Å². The number of halogens is 1. The molecule has 1 atom stereocenters. The van der Waals surface area contributed by atoms with E-state index in [9.17, 15) is 4.79 Å². The number of aromatic nitrogens is 2. The van der Waals surface area contributed by atoms with Crippen LogP contribution in [0.1, 0.15) is 24.7 Å². The lowest BCUT2D eigenvalue weighted by atomic mass is 10.1. The van der Waals surface area contributed by atoms with Gasteiger partial charge in [-0.05, 0) is 6.42 Å². The number of amides is 1. The lowest BCUT2D eigenvalue weighted by molar-refractivity contribution is -0.127. The molecule has 2 aliphatic heterocycles. The van der Waals surface area contributed by atoms with Gasteiger partial charge in [0.1, 0.15) is 5.82 Å². The van der Waals surface area contributed by atoms with Gasteiger partial charge in [0.2, 0.25) is 5.91 Å². The molecule has 1 N–H and O–H groups in total. The van der Waals surface area contributed by atoms with Gasteiger partial charge in [-0.25, -0.2) is 4.98 Å². The zero-order chi connectivity index (χ0) is 13.9. The molecule has 1 amide bonds. The van der Waals surface area contributed by atoms with E-state index in [1.54, 1.807) is 0 Å². The number of likely N-dealkylation sites (tertiary alicyclic amines) is 1. The number of imidazole rings is 1. The van der Waals surface area contributed by atoms with Gasteiger partial charge in [0, 0.05) is 65.1 Å². The third-order valence-corrected chi connectivity index (χ3v) is 4.34. The van der Waals surface area contributed by atoms with Gasteiger partial charge in [0.05, 0.1) is 6.04 Å². The molecular weight excluding hydrogens is 290 g/mol. The van der Waals surface area contributed by atoms with E-state index >= 15 is 0 Å². The third kappa shape index (κ3) is 3.56. The Kier molecular flexibility index (Phi) is 5.61. The highest BCUT2D eigenvalue weighted by Crippen LogP contribution is 2.20. The fraction of sp³-hybridized carbons (Fsp3) is 0.714. The predicted molar refractivity (Wildman–Crippen MR) is 83.5 cm³/mol. The molecule has 0 spiro atoms. The summed E-state index contributed by atoms with van der Waals surface area (Å²) in [7, 11) is 2.04. The Labute approximate surface area is 131 Å². The second-order valence-electron chi connectivity index (χ2n) is 5.64. The average molecular weight is 314 g/mol. The van der Waals surface area contributed by atoms with Crippen molar-refractivity contribution in [3.05, 3.63) is 18.2 Å². The minimum atomic E-state index is 0. The van der Waals surface area contributed by atoms with Gasteiger partial charge in [0.25, 0.3) is 0 Å². The van der Waals surface area contributed by atoms with Crippen molar-refractivity contribution in [2.75, 3.05) is 39.3 Å². The second kappa shape index (κ2) is 7.24. The maximum Gasteiger partial charge on any atom is 0.222 e. The van der Waals surface area contributed by atoms with E-state index in [1.165, 1.54) is 0 Å². The first-order valence-electron chi connectivity index (χ1n) is 7.45. The zero-order valence-corrected chi connectivity index (χ0v) is 13.3. The molecule has 6 nitrogen and oxygen atoms in total. The standard InChI is InChI=1S/C14H23N5O.ClH/c1-17-7-5-16-14(17)12-11-15-4-8-18(12)9-10-19-6-2-3-13(19)20;/h5,7,12,15H,2-4,6,8-11H2,1H3;1H. The Morgan fingerprint density at radius 1 is 1.38 bits per heavy atom. The molecule has 21 heavy (non-hydrogen) atoms. The van der Waals surface area contributed by atoms with E-state index in [2.05, 4.69) is 19.8 Å². The van der Waals surface area contributed by atoms with Crippen LogP contribution in [-0.2, 0) is 11.8 Å². The molecule has 3 rings (SSSR count). The maximum absolute atomic E-state index is 11.7. The lowest BCUT2D eigenvalue weighted by Gasteiger charge is -2.36. The number of piperazine rings is 1. The fourth-order valence-electron chi connectivity index (χ4n) is 3.16. The normalized spacial score (nSPS) is 23.4. The molecule has 3 heterocycles. The van der Waals surface area contributed by atoms with Crippen molar-refractivity contribution in [1.82, 2.24) is 24.7 Å². The SMILES string of the molecule is Cl.Cn1ccnc1C1CNCCN1CCN1CCCC1=O. The molecular formula is C14H24ClN5O. The van der Waals surface area contributed by atoms with Crippen molar-refractivity contribution in [3.8, 4) is 0 Å². The van der Waals surface area contributed by atoms with Crippen molar-refractivity contribution >= 4 is 18.3 Å². The molecule has 1 unspecified atom stereocenters. The summed E-state index contributed by atoms with van der Waals surface area (Å²) >= 11 is 0. The molecule has 0 aliphatic carbocycles. The summed E-state index contributed by atoms with van der Waals surface area (Å²) in [4.78, 5) is 20.6. The van der Waals surface area contributed by atoms with Crippen LogP contribution in [0.2, 0.25) is 0 Å². The lowest BCUT2D eigenvalue weighted by Crippen LogP contribution is -2.49. The van der Waals surface area contributed by atoms with Gasteiger partial charge in [-0.2, -0.15) is 0 Å². The first-order valence-corrected chi connectivity index (χ1v) is 7.45. The molecule has 0 saturated carbocycles. The van der Waals surface area contributed by atoms with Crippen LogP contribution >= 0.6 is 12.4 Å². The Balaban J connectivity index is 0.00000161. The summed E-state index contributed by atoms with van der Waals surface area (Å²) in [6.07, 6.45) is 5.59. The summed E-state index contributed by atoms with van der Waals surface area (Å²) in [5.74, 6) is 1.42. The Morgan fingerprint density at radius 3 is 2.90 bits per heavy atom. The van der Waals surface area contributed by atoms with E-state index in [0.29, 0.717) is 11.9 Å². The Hall–Kier alpha value is -1.11. The minimum Gasteiger partial charge on any atom is -0.341 e. The molecule has 1 aromatic heterocycles. The van der Waals surface area contributed by atoms with Crippen LogP contribution in [-0.4, -0.2) is 64.5 Å². The van der Waals surface area contributed by atoms with Crippen LogP contribution in [0.5, 0.6) is 0 Å². The van der Waals surface area contributed by atoms with Gasteiger partial charge in [-0.3, -0.25) is 9.69 Å². The van der Waals surface area contributed by atoms with Crippen LogP contribution in [0.4, 0.5) is 0 Å². The quantitative estimate of drug-likeness (QED) is 0.875. The summed E-state index contributed by atoms with van der Waals surface area (Å²) in [6.45, 7) is 5.66. The van der Waals surface area contributed by atoms with Gasteiger partial charge < -0.3 is 14.8 Å². The molecule has 118 valence electrons. The van der Waals surface area contributed by atoms with E-state index in [4.69, 9.17) is 0 Å². The zero-order valence-electron chi connectivity index (χ0n) is 12.5. The highest BCUT2D eigenvalue weighted by Gasteiger charge is 2.28. The molecule has 0 bridgehead atoms. The molecule has 2 saturated heterocycles. The number of rotatable bonds is 4. The fourth-order valence-corrected chi connectivity index (χ4v) is 3.16. The van der Waals surface area contributed by atoms with Gasteiger partial charge >= 0.3 is 0 Å². The number of hydrogen-bond donors (Lipinski definition) is 1. The van der Waals surface area contributed by atoms with E-state index in [0.717, 1.165) is 57.9 Å². The molecule has 0 aromatic carbocycles. The summed E-state index contributed by atoms with van der Waals surface area (Å²) in [5, 5.41) is 3.44. The number of hydrogen-bond acceptors (Lipinski definition) is 4. The van der Waals surface area contributed by atoms with Crippen LogP contribution in [0.15, 0.2) is 12.4 Å². The first kappa shape index (κ1) is 16.3. The van der Waals surface area contributed by atoms with E-state index < -0.39 is 0 Å². The van der Waals surface area contributed by atoms with Crippen molar-refractivity contribution in [3.63, 3.8) is 0 Å². The predicted octanol–water partition coefficient (Wildman–Crippen LogP) is 0.411. The van der Waals surface area contributed by atoms with E-state index in [1.807, 2.05) is 24.3 Å². The second-order valence-corrected chi connectivity index (χ2v) is 5.64. The van der Waals surface area contributed by atoms with Crippen LogP contribution in [0.3, 0.4) is 0 Å². The largest absolute Gasteiger partial charge is 0.341 e. The third-order valence-electron chi connectivity index (χ3n) is 4.34. The van der Waals surface area contributed by atoms with Crippen molar-refractivity contribution < 1.29 is 4.79 Å². The van der Waals surface area contributed by atoms with Crippen LogP contribution in [0.25, 0.3) is 0 Å². The summed E-state index contributed by atoms with van der Waals surface area (Å²) in [5.41, 5.74) is 0. The molecule has 1 aromatic rings. The van der Waals surface area contributed by atoms with Crippen LogP contribution < -0.4 is 5.32 Å². The van der Waals surface area contributed by atoms with Gasteiger partial charge in [-0.15, -0.1) is 12.4 Å². The molecule has 2 fully saturated rings. The average Bonchev–Trinajstić information content (AvgIpc) is 3.06. The number of nitrogens with one attached hydrogen (secondary N) is 1. The molecule has 0 radical (unpaired) electrons. The number of carbonyl (C=O) groups is 1. The monoisotopic (exact) mass is 313 g/mol. The first-order chi connectivity index (χ1) is 9.75. The summed E-state index contributed by atoms with van der Waals surface area (Å²) in [6, 6.07) is 0.307. The van der Waals surface area contributed by atoms with Crippen molar-refractivity contribution in [2.24, 2.45) is 7.05 Å². The Bertz CT molecular complexity index is 478. The van der Waals surface area contributed by atoms with Gasteiger partial charge in [-0.1, -0.05) is 0 Å². The Morgan fingerprint density at radius 2 is 2.24 bits per heavy atom. The maximum atomic E-state index is 11.7.